The molecule has 0 bridgehead atoms. The number of carbonyl (C=O) groups is 1. The van der Waals surface area contributed by atoms with Crippen LogP contribution in [0.15, 0.2) is 16.8 Å². The third-order valence-electron chi connectivity index (χ3n) is 3.69. The molecule has 1 unspecified atom stereocenters. The minimum absolute atomic E-state index is 0.0321. The van der Waals surface area contributed by atoms with Gasteiger partial charge in [-0.2, -0.15) is 0 Å². The Balaban J connectivity index is 1.88. The van der Waals surface area contributed by atoms with Crippen molar-refractivity contribution in [3.63, 3.8) is 0 Å². The zero-order chi connectivity index (χ0) is 14.1. The summed E-state index contributed by atoms with van der Waals surface area (Å²) in [5.41, 5.74) is 7.42. The number of thiazole rings is 1. The molecule has 0 aliphatic carbocycles. The molecule has 0 saturated heterocycles. The van der Waals surface area contributed by atoms with Crippen molar-refractivity contribution in [1.82, 2.24) is 9.88 Å². The summed E-state index contributed by atoms with van der Waals surface area (Å²) in [6.45, 7) is 3.30. The molecule has 1 amide bonds. The zero-order valence-corrected chi connectivity index (χ0v) is 13.0. The standard InChI is InChI=1S/C14H17N3OS2/c1-2-11-9-4-6-19-12(9)3-5-17(11)14(18)10-8-20-13(7-15)16-10/h4,6,8,11H,2-3,5,7,15H2,1H3. The number of hydrogen-bond acceptors (Lipinski definition) is 5. The van der Waals surface area contributed by atoms with Crippen LogP contribution in [0.25, 0.3) is 0 Å². The van der Waals surface area contributed by atoms with E-state index in [1.807, 2.05) is 10.3 Å². The van der Waals surface area contributed by atoms with Crippen LogP contribution in [0.3, 0.4) is 0 Å². The van der Waals surface area contributed by atoms with E-state index in [0.29, 0.717) is 12.2 Å². The van der Waals surface area contributed by atoms with Gasteiger partial charge in [-0.05, 0) is 29.9 Å². The largest absolute Gasteiger partial charge is 0.330 e. The molecule has 0 saturated carbocycles. The van der Waals surface area contributed by atoms with Gasteiger partial charge < -0.3 is 10.6 Å². The fourth-order valence-electron chi connectivity index (χ4n) is 2.73. The molecule has 20 heavy (non-hydrogen) atoms. The molecule has 0 aromatic carbocycles. The lowest BCUT2D eigenvalue weighted by Gasteiger charge is -2.35. The Bertz CT molecular complexity index is 619. The minimum Gasteiger partial charge on any atom is -0.330 e. The van der Waals surface area contributed by atoms with Gasteiger partial charge >= 0.3 is 0 Å². The van der Waals surface area contributed by atoms with Crippen LogP contribution in [0, 0.1) is 0 Å². The van der Waals surface area contributed by atoms with E-state index in [0.717, 1.165) is 24.4 Å². The van der Waals surface area contributed by atoms with E-state index < -0.39 is 0 Å². The summed E-state index contributed by atoms with van der Waals surface area (Å²) in [4.78, 5) is 20.4. The van der Waals surface area contributed by atoms with Crippen LogP contribution >= 0.6 is 22.7 Å². The fourth-order valence-corrected chi connectivity index (χ4v) is 4.31. The van der Waals surface area contributed by atoms with Gasteiger partial charge in [-0.3, -0.25) is 4.79 Å². The van der Waals surface area contributed by atoms with Gasteiger partial charge in [0, 0.05) is 23.3 Å². The maximum Gasteiger partial charge on any atom is 0.273 e. The second-order valence-corrected chi connectivity index (χ2v) is 6.75. The molecule has 3 heterocycles. The molecule has 2 N–H and O–H groups in total. The van der Waals surface area contributed by atoms with Crippen molar-refractivity contribution in [3.8, 4) is 0 Å². The van der Waals surface area contributed by atoms with Crippen molar-refractivity contribution in [1.29, 1.82) is 0 Å². The summed E-state index contributed by atoms with van der Waals surface area (Å²) < 4.78 is 0. The third-order valence-corrected chi connectivity index (χ3v) is 5.56. The molecular formula is C14H17N3OS2. The molecule has 106 valence electrons. The highest BCUT2D eigenvalue weighted by Gasteiger charge is 2.31. The highest BCUT2D eigenvalue weighted by Crippen LogP contribution is 2.36. The van der Waals surface area contributed by atoms with E-state index in [2.05, 4.69) is 23.4 Å². The second-order valence-electron chi connectivity index (χ2n) is 4.80. The van der Waals surface area contributed by atoms with Crippen molar-refractivity contribution >= 4 is 28.6 Å². The smallest absolute Gasteiger partial charge is 0.273 e. The first-order valence-corrected chi connectivity index (χ1v) is 8.52. The Morgan fingerprint density at radius 2 is 2.40 bits per heavy atom. The number of nitrogens with zero attached hydrogens (tertiary/aromatic N) is 2. The zero-order valence-electron chi connectivity index (χ0n) is 11.3. The van der Waals surface area contributed by atoms with Crippen LogP contribution in [0.4, 0.5) is 0 Å². The van der Waals surface area contributed by atoms with Crippen LogP contribution in [0.5, 0.6) is 0 Å². The van der Waals surface area contributed by atoms with E-state index in [-0.39, 0.29) is 11.9 Å². The molecule has 4 nitrogen and oxygen atoms in total. The van der Waals surface area contributed by atoms with Gasteiger partial charge in [0.2, 0.25) is 0 Å². The second kappa shape index (κ2) is 5.63. The number of carbonyl (C=O) groups excluding carboxylic acids is 1. The molecule has 1 aliphatic rings. The number of nitrogens with two attached hydrogens (primary N) is 1. The monoisotopic (exact) mass is 307 g/mol. The maximum atomic E-state index is 12.7. The quantitative estimate of drug-likeness (QED) is 0.948. The molecule has 0 spiro atoms. The molecule has 2 aromatic rings. The predicted octanol–water partition coefficient (Wildman–Crippen LogP) is 2.81. The average Bonchev–Trinajstić information content (AvgIpc) is 3.13. The predicted molar refractivity (Wildman–Crippen MR) is 82.1 cm³/mol. The lowest BCUT2D eigenvalue weighted by molar-refractivity contribution is 0.0652. The third kappa shape index (κ3) is 2.28. The van der Waals surface area contributed by atoms with Crippen molar-refractivity contribution in [2.45, 2.75) is 32.4 Å². The van der Waals surface area contributed by atoms with Crippen LogP contribution in [0.1, 0.15) is 45.3 Å². The molecule has 2 aromatic heterocycles. The molecule has 1 atom stereocenters. The molecular weight excluding hydrogens is 290 g/mol. The van der Waals surface area contributed by atoms with Gasteiger partial charge in [0.15, 0.2) is 0 Å². The van der Waals surface area contributed by atoms with Crippen LogP contribution in [-0.2, 0) is 13.0 Å². The number of thiophene rings is 1. The van der Waals surface area contributed by atoms with Gasteiger partial charge in [0.25, 0.3) is 5.91 Å². The van der Waals surface area contributed by atoms with E-state index in [1.54, 1.807) is 11.3 Å². The summed E-state index contributed by atoms with van der Waals surface area (Å²) in [7, 11) is 0. The van der Waals surface area contributed by atoms with Gasteiger partial charge in [0.1, 0.15) is 10.7 Å². The Morgan fingerprint density at radius 3 is 3.10 bits per heavy atom. The highest BCUT2D eigenvalue weighted by atomic mass is 32.1. The summed E-state index contributed by atoms with van der Waals surface area (Å²) >= 11 is 3.25. The van der Waals surface area contributed by atoms with Gasteiger partial charge in [-0.1, -0.05) is 6.92 Å². The summed E-state index contributed by atoms with van der Waals surface area (Å²) in [5.74, 6) is 0.0321. The average molecular weight is 307 g/mol. The Kier molecular flexibility index (Phi) is 3.87. The SMILES string of the molecule is CCC1c2ccsc2CCN1C(=O)c1csc(CN)n1. The first-order chi connectivity index (χ1) is 9.74. The lowest BCUT2D eigenvalue weighted by atomic mass is 9.97. The Morgan fingerprint density at radius 1 is 1.55 bits per heavy atom. The molecule has 3 rings (SSSR count). The Hall–Kier alpha value is -1.24. The van der Waals surface area contributed by atoms with Crippen LogP contribution in [-0.4, -0.2) is 22.3 Å². The van der Waals surface area contributed by atoms with E-state index >= 15 is 0 Å². The highest BCUT2D eigenvalue weighted by molar-refractivity contribution is 7.10. The lowest BCUT2D eigenvalue weighted by Crippen LogP contribution is -2.39. The normalized spacial score (nSPS) is 18.1. The fraction of sp³-hybridized carbons (Fsp3) is 0.429. The first kappa shape index (κ1) is 13.7. The molecule has 0 fully saturated rings. The van der Waals surface area contributed by atoms with Crippen molar-refractivity contribution < 1.29 is 4.79 Å². The number of rotatable bonds is 3. The summed E-state index contributed by atoms with van der Waals surface area (Å²) in [6.07, 6.45) is 1.88. The van der Waals surface area contributed by atoms with E-state index in [4.69, 9.17) is 5.73 Å². The summed E-state index contributed by atoms with van der Waals surface area (Å²) in [5, 5.41) is 4.76. The number of fused-ring (bicyclic) bond motifs is 1. The molecule has 0 radical (unpaired) electrons. The summed E-state index contributed by atoms with van der Waals surface area (Å²) in [6, 6.07) is 2.33. The van der Waals surface area contributed by atoms with E-state index in [9.17, 15) is 4.79 Å². The topological polar surface area (TPSA) is 59.2 Å². The number of hydrogen-bond donors (Lipinski definition) is 1. The number of amides is 1. The van der Waals surface area contributed by atoms with Gasteiger partial charge in [0.05, 0.1) is 6.04 Å². The number of aromatic nitrogens is 1. The van der Waals surface area contributed by atoms with Gasteiger partial charge in [-0.25, -0.2) is 4.98 Å². The van der Waals surface area contributed by atoms with Crippen LogP contribution < -0.4 is 5.73 Å². The Labute approximate surface area is 126 Å². The van der Waals surface area contributed by atoms with Crippen molar-refractivity contribution in [2.75, 3.05) is 6.54 Å². The van der Waals surface area contributed by atoms with Crippen molar-refractivity contribution in [2.24, 2.45) is 5.73 Å². The van der Waals surface area contributed by atoms with Crippen molar-refractivity contribution in [3.05, 3.63) is 38.0 Å². The molecule has 6 heteroatoms. The van der Waals surface area contributed by atoms with Crippen LogP contribution in [0.2, 0.25) is 0 Å². The first-order valence-electron chi connectivity index (χ1n) is 6.76. The maximum absolute atomic E-state index is 12.7. The molecule has 1 aliphatic heterocycles. The minimum atomic E-state index is 0.0321. The van der Waals surface area contributed by atoms with Gasteiger partial charge in [-0.15, -0.1) is 22.7 Å². The van der Waals surface area contributed by atoms with E-state index in [1.165, 1.54) is 21.8 Å².